The van der Waals surface area contributed by atoms with Crippen LogP contribution in [0.25, 0.3) is 0 Å². The number of hydrogen-bond acceptors (Lipinski definition) is 8. The van der Waals surface area contributed by atoms with E-state index < -0.39 is 11.9 Å². The van der Waals surface area contributed by atoms with Crippen molar-refractivity contribution in [2.45, 2.75) is 13.5 Å². The van der Waals surface area contributed by atoms with Crippen molar-refractivity contribution in [3.63, 3.8) is 0 Å². The van der Waals surface area contributed by atoms with Gasteiger partial charge in [0.1, 0.15) is 9.88 Å². The Hall–Kier alpha value is -2.72. The molecule has 0 aliphatic carbocycles. The Balaban J connectivity index is 2.13. The number of rotatable bonds is 7. The molecule has 2 aromatic heterocycles. The first-order valence-corrected chi connectivity index (χ1v) is 8.84. The third kappa shape index (κ3) is 4.92. The summed E-state index contributed by atoms with van der Waals surface area (Å²) in [7, 11) is 6.12. The van der Waals surface area contributed by atoms with Crippen LogP contribution in [0.1, 0.15) is 31.2 Å². The number of hydrogen-bond donors (Lipinski definition) is 1. The lowest BCUT2D eigenvalue weighted by Crippen LogP contribution is -2.30. The van der Waals surface area contributed by atoms with Gasteiger partial charge in [-0.25, -0.2) is 9.59 Å². The second-order valence-corrected chi connectivity index (χ2v) is 7.01. The molecule has 0 saturated carbocycles. The molecule has 2 aromatic rings. The van der Waals surface area contributed by atoms with Gasteiger partial charge in [0, 0.05) is 25.4 Å². The van der Waals surface area contributed by atoms with E-state index in [9.17, 15) is 14.4 Å². The van der Waals surface area contributed by atoms with Crippen LogP contribution in [0, 0.1) is 6.92 Å². The number of aromatic nitrogens is 2. The fraction of sp³-hybridized carbons (Fsp3) is 0.412. The van der Waals surface area contributed by atoms with Crippen LogP contribution >= 0.6 is 11.3 Å². The van der Waals surface area contributed by atoms with Crippen molar-refractivity contribution in [1.82, 2.24) is 14.7 Å². The Morgan fingerprint density at radius 3 is 2.48 bits per heavy atom. The van der Waals surface area contributed by atoms with Gasteiger partial charge >= 0.3 is 11.9 Å². The molecule has 0 aliphatic rings. The van der Waals surface area contributed by atoms with E-state index in [2.05, 4.69) is 10.4 Å². The summed E-state index contributed by atoms with van der Waals surface area (Å²) in [6.07, 6.45) is 3.60. The van der Waals surface area contributed by atoms with E-state index in [0.29, 0.717) is 12.1 Å². The van der Waals surface area contributed by atoms with E-state index in [1.165, 1.54) is 14.2 Å². The normalized spacial score (nSPS) is 10.7. The predicted octanol–water partition coefficient (Wildman–Crippen LogP) is 1.43. The van der Waals surface area contributed by atoms with E-state index in [-0.39, 0.29) is 27.9 Å². The largest absolute Gasteiger partial charge is 0.465 e. The minimum atomic E-state index is -0.627. The standard InChI is InChI=1S/C17H22N4O5S/c1-10-13(16(23)25-4)15(27-14(10)17(24)26-5)19-12(22)9-20(2)7-11-6-18-21(3)8-11/h6,8H,7,9H2,1-5H3,(H,19,22). The minimum absolute atomic E-state index is 0.0972. The van der Waals surface area contributed by atoms with E-state index in [1.54, 1.807) is 24.9 Å². The van der Waals surface area contributed by atoms with Crippen molar-refractivity contribution < 1.29 is 23.9 Å². The molecule has 0 aromatic carbocycles. The van der Waals surface area contributed by atoms with Gasteiger partial charge in [-0.2, -0.15) is 5.10 Å². The zero-order chi connectivity index (χ0) is 20.1. The number of esters is 2. The summed E-state index contributed by atoms with van der Waals surface area (Å²) >= 11 is 0.986. The molecule has 1 N–H and O–H groups in total. The topological polar surface area (TPSA) is 103 Å². The number of aryl methyl sites for hydroxylation is 1. The molecular weight excluding hydrogens is 372 g/mol. The number of anilines is 1. The molecule has 27 heavy (non-hydrogen) atoms. The average Bonchev–Trinajstić information content (AvgIpc) is 3.16. The second-order valence-electron chi connectivity index (χ2n) is 5.99. The average molecular weight is 394 g/mol. The fourth-order valence-corrected chi connectivity index (χ4v) is 3.70. The number of amides is 1. The summed E-state index contributed by atoms with van der Waals surface area (Å²) < 4.78 is 11.2. The number of nitrogens with zero attached hydrogens (tertiary/aromatic N) is 3. The van der Waals surface area contributed by atoms with Crippen LogP contribution in [0.2, 0.25) is 0 Å². The molecular formula is C17H22N4O5S. The molecule has 2 rings (SSSR count). The Bertz CT molecular complexity index is 858. The zero-order valence-corrected chi connectivity index (χ0v) is 16.7. The molecule has 0 bridgehead atoms. The smallest absolute Gasteiger partial charge is 0.348 e. The second kappa shape index (κ2) is 8.78. The Morgan fingerprint density at radius 2 is 1.93 bits per heavy atom. The van der Waals surface area contributed by atoms with Crippen LogP contribution in [0.3, 0.4) is 0 Å². The van der Waals surface area contributed by atoms with Gasteiger partial charge in [-0.15, -0.1) is 11.3 Å². The molecule has 10 heteroatoms. The Kier molecular flexibility index (Phi) is 6.70. The highest BCUT2D eigenvalue weighted by atomic mass is 32.1. The molecule has 146 valence electrons. The minimum Gasteiger partial charge on any atom is -0.465 e. The SMILES string of the molecule is COC(=O)c1sc(NC(=O)CN(C)Cc2cnn(C)c2)c(C(=O)OC)c1C. The lowest BCUT2D eigenvalue weighted by Gasteiger charge is -2.15. The van der Waals surface area contributed by atoms with Gasteiger partial charge in [-0.05, 0) is 19.5 Å². The van der Waals surface area contributed by atoms with Crippen molar-refractivity contribution in [1.29, 1.82) is 0 Å². The number of nitrogens with one attached hydrogen (secondary N) is 1. The lowest BCUT2D eigenvalue weighted by molar-refractivity contribution is -0.117. The summed E-state index contributed by atoms with van der Waals surface area (Å²) in [4.78, 5) is 38.4. The lowest BCUT2D eigenvalue weighted by atomic mass is 10.1. The molecule has 0 atom stereocenters. The molecule has 1 amide bonds. The van der Waals surface area contributed by atoms with Crippen molar-refractivity contribution >= 4 is 34.2 Å². The number of likely N-dealkylation sites (N-methyl/N-ethyl adjacent to an activating group) is 1. The van der Waals surface area contributed by atoms with Crippen molar-refractivity contribution in [3.8, 4) is 0 Å². The maximum Gasteiger partial charge on any atom is 0.348 e. The molecule has 2 heterocycles. The molecule has 0 unspecified atom stereocenters. The summed E-state index contributed by atoms with van der Waals surface area (Å²) in [5.74, 6) is -1.51. The van der Waals surface area contributed by atoms with Crippen LogP contribution < -0.4 is 5.32 Å². The van der Waals surface area contributed by atoms with Crippen molar-refractivity contribution in [2.75, 3.05) is 33.1 Å². The maximum atomic E-state index is 12.4. The highest BCUT2D eigenvalue weighted by Gasteiger charge is 2.26. The van der Waals surface area contributed by atoms with E-state index in [4.69, 9.17) is 9.47 Å². The highest BCUT2D eigenvalue weighted by Crippen LogP contribution is 2.34. The van der Waals surface area contributed by atoms with Crippen LogP contribution in [0.4, 0.5) is 5.00 Å². The van der Waals surface area contributed by atoms with Gasteiger partial charge in [0.2, 0.25) is 5.91 Å². The van der Waals surface area contributed by atoms with Crippen LogP contribution in [0.5, 0.6) is 0 Å². The third-order valence-corrected chi connectivity index (χ3v) is 4.97. The third-order valence-electron chi connectivity index (χ3n) is 3.78. The number of methoxy groups -OCH3 is 2. The first-order valence-electron chi connectivity index (χ1n) is 8.02. The number of carbonyl (C=O) groups is 3. The summed E-state index contributed by atoms with van der Waals surface area (Å²) in [6.45, 7) is 2.25. The van der Waals surface area contributed by atoms with Gasteiger partial charge in [0.25, 0.3) is 0 Å². The van der Waals surface area contributed by atoms with Crippen LogP contribution in [0.15, 0.2) is 12.4 Å². The number of ether oxygens (including phenoxy) is 2. The number of carbonyl (C=O) groups excluding carboxylic acids is 3. The van der Waals surface area contributed by atoms with Gasteiger partial charge in [0.15, 0.2) is 0 Å². The van der Waals surface area contributed by atoms with Gasteiger partial charge in [0.05, 0.1) is 32.5 Å². The monoisotopic (exact) mass is 394 g/mol. The molecule has 0 saturated heterocycles. The molecule has 0 aliphatic heterocycles. The van der Waals surface area contributed by atoms with Gasteiger partial charge in [-0.3, -0.25) is 14.4 Å². The Labute approximate surface area is 160 Å². The molecule has 0 radical (unpaired) electrons. The predicted molar refractivity (Wildman–Crippen MR) is 99.9 cm³/mol. The highest BCUT2D eigenvalue weighted by molar-refractivity contribution is 7.18. The van der Waals surface area contributed by atoms with Crippen molar-refractivity contribution in [2.24, 2.45) is 7.05 Å². The van der Waals surface area contributed by atoms with E-state index >= 15 is 0 Å². The first kappa shape index (κ1) is 20.6. The van der Waals surface area contributed by atoms with Crippen LogP contribution in [-0.2, 0) is 27.9 Å². The maximum absolute atomic E-state index is 12.4. The first-order chi connectivity index (χ1) is 12.8. The zero-order valence-electron chi connectivity index (χ0n) is 15.9. The number of thiophene rings is 1. The Morgan fingerprint density at radius 1 is 1.26 bits per heavy atom. The quantitative estimate of drug-likeness (QED) is 0.709. The van der Waals surface area contributed by atoms with E-state index in [1.807, 2.05) is 18.1 Å². The van der Waals surface area contributed by atoms with Gasteiger partial charge < -0.3 is 14.8 Å². The summed E-state index contributed by atoms with van der Waals surface area (Å²) in [5, 5.41) is 7.05. The summed E-state index contributed by atoms with van der Waals surface area (Å²) in [5.41, 5.74) is 1.55. The molecule has 0 spiro atoms. The van der Waals surface area contributed by atoms with Crippen LogP contribution in [-0.4, -0.2) is 60.3 Å². The summed E-state index contributed by atoms with van der Waals surface area (Å²) in [6, 6.07) is 0. The van der Waals surface area contributed by atoms with Gasteiger partial charge in [-0.1, -0.05) is 0 Å². The van der Waals surface area contributed by atoms with E-state index in [0.717, 1.165) is 16.9 Å². The molecule has 0 fully saturated rings. The van der Waals surface area contributed by atoms with Crippen molar-refractivity contribution in [3.05, 3.63) is 34.0 Å². The molecule has 9 nitrogen and oxygen atoms in total. The fourth-order valence-electron chi connectivity index (χ4n) is 2.57.